The maximum absolute atomic E-state index is 5.53. The third-order valence-electron chi connectivity index (χ3n) is 8.13. The van der Waals surface area contributed by atoms with Crippen molar-refractivity contribution in [1.29, 1.82) is 0 Å². The van der Waals surface area contributed by atoms with E-state index in [0.717, 1.165) is 47.8 Å². The second-order valence-electron chi connectivity index (χ2n) is 12.4. The van der Waals surface area contributed by atoms with Gasteiger partial charge in [-0.05, 0) is 86.9 Å². The Balaban J connectivity index is 1.61. The second-order valence-corrected chi connectivity index (χ2v) is 12.4. The molecule has 1 fully saturated rings. The molecule has 1 atom stereocenters. The van der Waals surface area contributed by atoms with Gasteiger partial charge in [-0.3, -0.25) is 0 Å². The van der Waals surface area contributed by atoms with Gasteiger partial charge in [0.15, 0.2) is 0 Å². The second kappa shape index (κ2) is 11.0. The number of nitrogens with zero attached hydrogens (tertiary/aromatic N) is 3. The zero-order valence-electron chi connectivity index (χ0n) is 24.8. The van der Waals surface area contributed by atoms with Gasteiger partial charge in [0.2, 0.25) is 5.88 Å². The lowest BCUT2D eigenvalue weighted by molar-refractivity contribution is 0.128. The lowest BCUT2D eigenvalue weighted by Gasteiger charge is -2.38. The molecule has 6 heteroatoms. The van der Waals surface area contributed by atoms with Crippen LogP contribution < -0.4 is 15.4 Å². The highest BCUT2D eigenvalue weighted by atomic mass is 16.5. The maximum atomic E-state index is 5.53. The Bertz CT molecular complexity index is 1280. The average Bonchev–Trinajstić information content (AvgIpc) is 3.13. The number of allylic oxidation sites excluding steroid dienone is 3. The van der Waals surface area contributed by atoms with Crippen LogP contribution in [0.4, 0.5) is 0 Å². The smallest absolute Gasteiger partial charge is 0.231 e. The fourth-order valence-electron chi connectivity index (χ4n) is 6.32. The van der Waals surface area contributed by atoms with Crippen LogP contribution in [0.3, 0.4) is 0 Å². The quantitative estimate of drug-likeness (QED) is 0.424. The summed E-state index contributed by atoms with van der Waals surface area (Å²) in [4.78, 5) is 2.63. The van der Waals surface area contributed by atoms with E-state index in [2.05, 4.69) is 93.8 Å². The van der Waals surface area contributed by atoms with Crippen LogP contribution in [-0.4, -0.2) is 47.8 Å². The van der Waals surface area contributed by atoms with E-state index in [1.54, 1.807) is 7.11 Å². The van der Waals surface area contributed by atoms with E-state index in [9.17, 15) is 0 Å². The molecule has 0 spiro atoms. The molecule has 0 radical (unpaired) electrons. The zero-order chi connectivity index (χ0) is 27.8. The van der Waals surface area contributed by atoms with Crippen LogP contribution in [0.1, 0.15) is 77.1 Å². The van der Waals surface area contributed by atoms with Crippen LogP contribution in [0.15, 0.2) is 53.9 Å². The highest BCUT2D eigenvalue weighted by Crippen LogP contribution is 2.39. The van der Waals surface area contributed by atoms with Gasteiger partial charge < -0.3 is 20.3 Å². The normalized spacial score (nSPS) is 18.4. The van der Waals surface area contributed by atoms with Gasteiger partial charge in [-0.2, -0.15) is 0 Å². The van der Waals surface area contributed by atoms with Gasteiger partial charge in [0.1, 0.15) is 0 Å². The molecule has 2 aliphatic heterocycles. The van der Waals surface area contributed by atoms with Gasteiger partial charge in [-0.15, -0.1) is 5.10 Å². The topological polar surface area (TPSA) is 53.8 Å². The zero-order valence-corrected chi connectivity index (χ0v) is 24.8. The Morgan fingerprint density at radius 3 is 2.50 bits per heavy atom. The van der Waals surface area contributed by atoms with Crippen molar-refractivity contribution in [2.24, 2.45) is 11.3 Å². The number of nitrogens with one attached hydrogen (secondary N) is 2. The van der Waals surface area contributed by atoms with Crippen molar-refractivity contribution < 1.29 is 4.74 Å². The summed E-state index contributed by atoms with van der Waals surface area (Å²) in [5.41, 5.74) is 10.4. The average molecular weight is 518 g/mol. The fraction of sp³-hybridized carbons (Fsp3) is 0.531. The molecule has 1 unspecified atom stereocenters. The number of fused-ring (bicyclic) bond motifs is 1. The summed E-state index contributed by atoms with van der Waals surface area (Å²) < 4.78 is 7.64. The van der Waals surface area contributed by atoms with E-state index in [1.807, 2.05) is 6.07 Å². The molecule has 0 bridgehead atoms. The summed E-state index contributed by atoms with van der Waals surface area (Å²) in [5.74, 6) is 1.61. The number of dihydropyridines is 1. The van der Waals surface area contributed by atoms with Crippen molar-refractivity contribution >= 4 is 11.2 Å². The molecule has 4 heterocycles. The molecule has 0 aliphatic carbocycles. The largest absolute Gasteiger partial charge is 0.480 e. The fourth-order valence-corrected chi connectivity index (χ4v) is 6.32. The van der Waals surface area contributed by atoms with Gasteiger partial charge in [0.05, 0.1) is 12.6 Å². The van der Waals surface area contributed by atoms with Crippen LogP contribution in [0.2, 0.25) is 0 Å². The predicted octanol–water partition coefficient (Wildman–Crippen LogP) is 6.41. The van der Waals surface area contributed by atoms with Gasteiger partial charge in [-0.1, -0.05) is 40.9 Å². The molecule has 38 heavy (non-hydrogen) atoms. The summed E-state index contributed by atoms with van der Waals surface area (Å²) >= 11 is 0. The van der Waals surface area contributed by atoms with E-state index in [-0.39, 0.29) is 0 Å². The molecule has 2 N–H and O–H groups in total. The van der Waals surface area contributed by atoms with Crippen molar-refractivity contribution in [3.8, 4) is 5.88 Å². The summed E-state index contributed by atoms with van der Waals surface area (Å²) in [6.45, 7) is 28.6. The first-order valence-corrected chi connectivity index (χ1v) is 14.0. The number of aromatic nitrogens is 2. The maximum Gasteiger partial charge on any atom is 0.231 e. The highest BCUT2D eigenvalue weighted by molar-refractivity contribution is 5.81. The Morgan fingerprint density at radius 2 is 1.89 bits per heavy atom. The number of piperidine rings is 1. The molecule has 1 saturated heterocycles. The first kappa shape index (κ1) is 28.0. The van der Waals surface area contributed by atoms with Crippen molar-refractivity contribution in [2.75, 3.05) is 33.3 Å². The summed E-state index contributed by atoms with van der Waals surface area (Å²) in [7, 11) is 1.68. The molecule has 6 nitrogen and oxygen atoms in total. The first-order valence-electron chi connectivity index (χ1n) is 14.0. The minimum absolute atomic E-state index is 0.333. The van der Waals surface area contributed by atoms with Crippen LogP contribution in [-0.2, 0) is 0 Å². The molecule has 206 valence electrons. The van der Waals surface area contributed by atoms with Crippen LogP contribution in [0.25, 0.3) is 11.2 Å². The lowest BCUT2D eigenvalue weighted by Crippen LogP contribution is -2.40. The number of hydrogen-bond acceptors (Lipinski definition) is 5. The summed E-state index contributed by atoms with van der Waals surface area (Å²) in [6, 6.07) is 4.05. The van der Waals surface area contributed by atoms with E-state index >= 15 is 0 Å². The Labute approximate surface area is 229 Å². The SMILES string of the molecule is C=C1NC(C)=CC(C)=C1CNC(=C)c1c(C)c(C(C)C2CCN(CC(C)(C)C)CC2)n2nc(OC)ccc12. The minimum Gasteiger partial charge on any atom is -0.480 e. The number of likely N-dealkylation sites (tertiary alicyclic amines) is 1. The Morgan fingerprint density at radius 1 is 1.21 bits per heavy atom. The third kappa shape index (κ3) is 5.85. The predicted molar refractivity (Wildman–Crippen MR) is 159 cm³/mol. The highest BCUT2D eigenvalue weighted by Gasteiger charge is 2.31. The standard InChI is InChI=1S/C32H47N5O/c1-20-17-21(2)34-24(5)27(20)18-33-25(6)30-23(4)31(37-28(30)11-12-29(35-37)38-10)22(3)26-13-15-36(16-14-26)19-32(7,8)9/h11-12,17,22,26,33-34H,5-6,13-16,18-19H2,1-4,7-10H3. The molecular weight excluding hydrogens is 470 g/mol. The van der Waals surface area contributed by atoms with Crippen molar-refractivity contribution in [3.05, 3.63) is 70.7 Å². The monoisotopic (exact) mass is 517 g/mol. The first-order chi connectivity index (χ1) is 17.9. The molecule has 4 rings (SSSR count). The Hall–Kier alpha value is -2.99. The number of hydrogen-bond donors (Lipinski definition) is 2. The van der Waals surface area contributed by atoms with E-state index in [1.165, 1.54) is 35.2 Å². The number of ether oxygens (including phenoxy) is 1. The van der Waals surface area contributed by atoms with Gasteiger partial charge in [-0.25, -0.2) is 4.52 Å². The van der Waals surface area contributed by atoms with Crippen molar-refractivity contribution in [2.45, 2.75) is 67.2 Å². The van der Waals surface area contributed by atoms with Gasteiger partial charge in [0.25, 0.3) is 0 Å². The summed E-state index contributed by atoms with van der Waals surface area (Å²) in [5, 5.41) is 11.9. The minimum atomic E-state index is 0.333. The van der Waals surface area contributed by atoms with Crippen LogP contribution in [0.5, 0.6) is 5.88 Å². The third-order valence-corrected chi connectivity index (χ3v) is 8.13. The molecule has 0 aromatic carbocycles. The van der Waals surface area contributed by atoms with E-state index in [0.29, 0.717) is 29.7 Å². The molecule has 0 amide bonds. The van der Waals surface area contributed by atoms with Crippen LogP contribution in [0, 0.1) is 18.3 Å². The van der Waals surface area contributed by atoms with Gasteiger partial charge in [0, 0.05) is 53.4 Å². The molecule has 0 saturated carbocycles. The molecular formula is C32H47N5O. The molecule has 2 aromatic rings. The van der Waals surface area contributed by atoms with Crippen LogP contribution >= 0.6 is 0 Å². The van der Waals surface area contributed by atoms with Crippen molar-refractivity contribution in [1.82, 2.24) is 25.1 Å². The lowest BCUT2D eigenvalue weighted by atomic mass is 9.81. The van der Waals surface area contributed by atoms with Crippen molar-refractivity contribution in [3.63, 3.8) is 0 Å². The summed E-state index contributed by atoms with van der Waals surface area (Å²) in [6.07, 6.45) is 4.58. The number of methoxy groups -OCH3 is 1. The van der Waals surface area contributed by atoms with E-state index in [4.69, 9.17) is 9.84 Å². The molecule has 2 aliphatic rings. The van der Waals surface area contributed by atoms with Gasteiger partial charge >= 0.3 is 0 Å². The van der Waals surface area contributed by atoms with E-state index < -0.39 is 0 Å². The molecule has 2 aromatic heterocycles. The number of rotatable bonds is 8. The Kier molecular flexibility index (Phi) is 8.12.